The van der Waals surface area contributed by atoms with Crippen molar-refractivity contribution in [1.82, 2.24) is 10.2 Å². The summed E-state index contributed by atoms with van der Waals surface area (Å²) in [5.74, 6) is -0.227. The van der Waals surface area contributed by atoms with Crippen molar-refractivity contribution in [2.45, 2.75) is 13.3 Å². The topological polar surface area (TPSA) is 49.4 Å². The lowest BCUT2D eigenvalue weighted by Gasteiger charge is -2.27. The predicted molar refractivity (Wildman–Crippen MR) is 58.0 cm³/mol. The Bertz CT molecular complexity index is 342. The highest BCUT2D eigenvalue weighted by atomic mass is 16.2. The minimum atomic E-state index is -0.377. The predicted octanol–water partition coefficient (Wildman–Crippen LogP) is 1.57. The van der Waals surface area contributed by atoms with Gasteiger partial charge in [-0.15, -0.1) is 0 Å². The molecule has 80 valence electrons. The summed E-state index contributed by atoms with van der Waals surface area (Å²) in [7, 11) is 0. The van der Waals surface area contributed by atoms with Crippen LogP contribution >= 0.6 is 0 Å². The Morgan fingerprint density at radius 1 is 1.53 bits per heavy atom. The molecular weight excluding hydrogens is 192 g/mol. The van der Waals surface area contributed by atoms with E-state index in [2.05, 4.69) is 11.9 Å². The number of amides is 3. The number of imide groups is 1. The summed E-state index contributed by atoms with van der Waals surface area (Å²) < 4.78 is 0. The van der Waals surface area contributed by atoms with E-state index in [9.17, 15) is 9.59 Å². The average Bonchev–Trinajstić information content (AvgIpc) is 2.17. The van der Waals surface area contributed by atoms with Crippen LogP contribution in [0.5, 0.6) is 0 Å². The number of rotatable bonds is 3. The fraction of sp³-hybridized carbons (Fsp3) is 0.273. The van der Waals surface area contributed by atoms with E-state index in [0.29, 0.717) is 13.0 Å². The van der Waals surface area contributed by atoms with Crippen LogP contribution in [0.1, 0.15) is 13.3 Å². The van der Waals surface area contributed by atoms with Crippen LogP contribution in [0.2, 0.25) is 0 Å². The molecule has 0 unspecified atom stereocenters. The first-order valence-electron chi connectivity index (χ1n) is 4.75. The molecule has 0 aromatic carbocycles. The molecule has 0 atom stereocenters. The van der Waals surface area contributed by atoms with Crippen molar-refractivity contribution >= 4 is 11.9 Å². The van der Waals surface area contributed by atoms with Crippen molar-refractivity contribution in [3.63, 3.8) is 0 Å². The van der Waals surface area contributed by atoms with E-state index in [1.807, 2.05) is 13.0 Å². The first-order chi connectivity index (χ1) is 7.19. The minimum Gasteiger partial charge on any atom is -0.294 e. The Labute approximate surface area is 88.9 Å². The van der Waals surface area contributed by atoms with Crippen molar-refractivity contribution in [3.05, 3.63) is 36.6 Å². The van der Waals surface area contributed by atoms with Crippen LogP contribution < -0.4 is 5.32 Å². The van der Waals surface area contributed by atoms with Gasteiger partial charge in [0.25, 0.3) is 0 Å². The first-order valence-corrected chi connectivity index (χ1v) is 4.75. The van der Waals surface area contributed by atoms with Crippen LogP contribution in [0.3, 0.4) is 0 Å². The Morgan fingerprint density at radius 2 is 2.27 bits per heavy atom. The van der Waals surface area contributed by atoms with E-state index in [1.54, 1.807) is 18.2 Å². The number of nitrogens with one attached hydrogen (secondary N) is 1. The van der Waals surface area contributed by atoms with Gasteiger partial charge in [-0.05, 0) is 19.1 Å². The van der Waals surface area contributed by atoms with E-state index in [4.69, 9.17) is 0 Å². The van der Waals surface area contributed by atoms with E-state index < -0.39 is 0 Å². The third-order valence-corrected chi connectivity index (χ3v) is 1.99. The van der Waals surface area contributed by atoms with E-state index in [-0.39, 0.29) is 11.9 Å². The molecule has 0 spiro atoms. The summed E-state index contributed by atoms with van der Waals surface area (Å²) in [6, 6.07) is -0.377. The van der Waals surface area contributed by atoms with Crippen molar-refractivity contribution < 1.29 is 9.59 Å². The molecule has 4 nitrogen and oxygen atoms in total. The van der Waals surface area contributed by atoms with Crippen LogP contribution in [0.25, 0.3) is 0 Å². The highest BCUT2D eigenvalue weighted by molar-refractivity contribution is 5.97. The molecule has 1 heterocycles. The van der Waals surface area contributed by atoms with Crippen LogP contribution in [-0.2, 0) is 4.79 Å². The number of hydrogen-bond donors (Lipinski definition) is 1. The van der Waals surface area contributed by atoms with Crippen molar-refractivity contribution in [3.8, 4) is 0 Å². The van der Waals surface area contributed by atoms with Gasteiger partial charge in [0, 0.05) is 18.7 Å². The van der Waals surface area contributed by atoms with Gasteiger partial charge < -0.3 is 0 Å². The van der Waals surface area contributed by atoms with Gasteiger partial charge in [0.1, 0.15) is 0 Å². The number of urea groups is 1. The number of allylic oxidation sites excluding steroid dienone is 4. The Morgan fingerprint density at radius 3 is 2.80 bits per heavy atom. The van der Waals surface area contributed by atoms with Gasteiger partial charge in [0.2, 0.25) is 5.91 Å². The first kappa shape index (κ1) is 11.2. The largest absolute Gasteiger partial charge is 0.328 e. The van der Waals surface area contributed by atoms with Gasteiger partial charge >= 0.3 is 6.03 Å². The van der Waals surface area contributed by atoms with Crippen LogP contribution in [0.15, 0.2) is 36.6 Å². The molecular formula is C11H14N2O2. The molecule has 1 rings (SSSR count). The highest BCUT2D eigenvalue weighted by Crippen LogP contribution is 2.11. The number of carbonyl (C=O) groups excluding carboxylic acids is 2. The summed E-state index contributed by atoms with van der Waals surface area (Å²) in [6.45, 7) is 5.86. The molecule has 0 saturated carbocycles. The molecule has 3 amide bonds. The maximum absolute atomic E-state index is 11.5. The van der Waals surface area contributed by atoms with Crippen LogP contribution in [0.4, 0.5) is 4.79 Å². The summed E-state index contributed by atoms with van der Waals surface area (Å²) in [4.78, 5) is 23.9. The molecule has 1 aliphatic heterocycles. The third-order valence-electron chi connectivity index (χ3n) is 1.99. The van der Waals surface area contributed by atoms with Crippen LogP contribution in [-0.4, -0.2) is 23.4 Å². The van der Waals surface area contributed by atoms with Crippen LogP contribution in [0, 0.1) is 0 Å². The normalized spacial score (nSPS) is 18.2. The summed E-state index contributed by atoms with van der Waals surface area (Å²) >= 11 is 0. The lowest BCUT2D eigenvalue weighted by molar-refractivity contribution is -0.121. The monoisotopic (exact) mass is 206 g/mol. The zero-order valence-corrected chi connectivity index (χ0v) is 8.69. The zero-order chi connectivity index (χ0) is 11.3. The van der Waals surface area contributed by atoms with Gasteiger partial charge in [-0.1, -0.05) is 18.7 Å². The summed E-state index contributed by atoms with van der Waals surface area (Å²) in [5, 5.41) is 2.27. The summed E-state index contributed by atoms with van der Waals surface area (Å²) in [5.41, 5.74) is 0.734. The second-order valence-electron chi connectivity index (χ2n) is 3.08. The van der Waals surface area contributed by atoms with Gasteiger partial charge in [0.15, 0.2) is 0 Å². The Kier molecular flexibility index (Phi) is 3.85. The molecule has 0 aromatic rings. The molecule has 0 bridgehead atoms. The molecule has 4 heteroatoms. The van der Waals surface area contributed by atoms with Gasteiger partial charge in [-0.2, -0.15) is 0 Å². The molecule has 1 fully saturated rings. The quantitative estimate of drug-likeness (QED) is 0.712. The highest BCUT2D eigenvalue weighted by Gasteiger charge is 2.24. The second kappa shape index (κ2) is 5.14. The molecule has 1 N–H and O–H groups in total. The number of hydrogen-bond acceptors (Lipinski definition) is 2. The molecule has 0 aliphatic carbocycles. The maximum atomic E-state index is 11.5. The fourth-order valence-electron chi connectivity index (χ4n) is 1.34. The van der Waals surface area contributed by atoms with Crippen molar-refractivity contribution in [2.24, 2.45) is 0 Å². The van der Waals surface area contributed by atoms with Gasteiger partial charge in [0.05, 0.1) is 0 Å². The third kappa shape index (κ3) is 2.80. The lowest BCUT2D eigenvalue weighted by atomic mass is 10.2. The van der Waals surface area contributed by atoms with Crippen molar-refractivity contribution in [1.29, 1.82) is 0 Å². The van der Waals surface area contributed by atoms with Crippen molar-refractivity contribution in [2.75, 3.05) is 6.54 Å². The smallest absolute Gasteiger partial charge is 0.294 e. The number of nitrogens with zero attached hydrogens (tertiary/aromatic N) is 1. The maximum Gasteiger partial charge on any atom is 0.328 e. The molecule has 1 saturated heterocycles. The molecule has 15 heavy (non-hydrogen) atoms. The van der Waals surface area contributed by atoms with E-state index in [0.717, 1.165) is 5.70 Å². The Hall–Kier alpha value is -1.84. The van der Waals surface area contributed by atoms with Gasteiger partial charge in [-0.3, -0.25) is 15.0 Å². The van der Waals surface area contributed by atoms with E-state index in [1.165, 1.54) is 4.90 Å². The molecule has 0 aromatic heterocycles. The lowest BCUT2D eigenvalue weighted by Crippen LogP contribution is -2.48. The standard InChI is InChI=1S/C11H14N2O2/c1-3-5-9(6-4-2)13-8-7-10(14)12-11(13)15/h3-6H,1,7-8H2,2H3,(H,12,14,15)/b6-4-,9-5+. The summed E-state index contributed by atoms with van der Waals surface area (Å²) in [6.07, 6.45) is 7.31. The van der Waals surface area contributed by atoms with Gasteiger partial charge in [-0.25, -0.2) is 4.79 Å². The van der Waals surface area contributed by atoms with E-state index >= 15 is 0 Å². The SMILES string of the molecule is C=C/C=C(\C=C/C)N1CCC(=O)NC1=O. The zero-order valence-electron chi connectivity index (χ0n) is 8.69. The molecule has 0 radical (unpaired) electrons. The number of carbonyl (C=O) groups is 2. The average molecular weight is 206 g/mol. The minimum absolute atomic E-state index is 0.227. The fourth-order valence-corrected chi connectivity index (χ4v) is 1.34. The Balaban J connectivity index is 2.85. The molecule has 1 aliphatic rings. The second-order valence-corrected chi connectivity index (χ2v) is 3.08.